The van der Waals surface area contributed by atoms with E-state index in [1.54, 1.807) is 60.7 Å². The second-order valence-electron chi connectivity index (χ2n) is 5.71. The van der Waals surface area contributed by atoms with Crippen molar-refractivity contribution in [2.24, 2.45) is 0 Å². The van der Waals surface area contributed by atoms with Crippen LogP contribution in [0.25, 0.3) is 11.0 Å². The smallest absolute Gasteiger partial charge is 0.240 e. The molecule has 0 radical (unpaired) electrons. The first-order valence-electron chi connectivity index (χ1n) is 8.11. The third-order valence-corrected chi connectivity index (χ3v) is 4.06. The number of fused-ring (bicyclic) bond motifs is 1. The Hall–Kier alpha value is -3.44. The van der Waals surface area contributed by atoms with E-state index in [9.17, 15) is 15.0 Å². The lowest BCUT2D eigenvalue weighted by molar-refractivity contribution is -0.344. The third-order valence-electron chi connectivity index (χ3n) is 4.06. The van der Waals surface area contributed by atoms with Crippen molar-refractivity contribution in [1.29, 1.82) is 0 Å². The lowest BCUT2D eigenvalue weighted by atomic mass is 9.86. The van der Waals surface area contributed by atoms with Crippen molar-refractivity contribution in [3.05, 3.63) is 102 Å². The van der Waals surface area contributed by atoms with Crippen LogP contribution in [0.15, 0.2) is 91.3 Å². The highest BCUT2D eigenvalue weighted by atomic mass is 16.4. The average Bonchev–Trinajstić information content (AvgIpc) is 3.18. The summed E-state index contributed by atoms with van der Waals surface area (Å²) in [7, 11) is 0. The molecule has 4 aromatic rings. The number of H-pyrrole nitrogens is 2. The monoisotopic (exact) mass is 346 g/mol. The standard InChI is InChI=1S/C14H12O3.C7H6N2/c15-13(16)14(17,11-7-3-1-4-8-11)12-9-5-2-6-10-12;1-2-4-7-6(3-1)8-5-9-7/h1-10,17H,(H,15,16);1-5H,(H,8,9). The number of benzene rings is 3. The largest absolute Gasteiger partial charge is 0.546 e. The van der Waals surface area contributed by atoms with Crippen molar-refractivity contribution in [2.45, 2.75) is 5.60 Å². The number of carbonyl (C=O) groups excluding carboxylic acids is 1. The Morgan fingerprint density at radius 2 is 1.35 bits per heavy atom. The fourth-order valence-electron chi connectivity index (χ4n) is 2.69. The maximum atomic E-state index is 11.3. The maximum Gasteiger partial charge on any atom is 0.240 e. The minimum absolute atomic E-state index is 0.284. The van der Waals surface area contributed by atoms with Gasteiger partial charge in [-0.05, 0) is 23.3 Å². The number of carbonyl (C=O) groups is 1. The second kappa shape index (κ2) is 7.63. The molecule has 5 nitrogen and oxygen atoms in total. The molecule has 1 heterocycles. The van der Waals surface area contributed by atoms with Gasteiger partial charge in [0.25, 0.3) is 0 Å². The Balaban J connectivity index is 0.000000181. The van der Waals surface area contributed by atoms with Gasteiger partial charge < -0.3 is 15.0 Å². The average molecular weight is 346 g/mol. The normalized spacial score (nSPS) is 10.8. The Morgan fingerprint density at radius 1 is 0.846 bits per heavy atom. The van der Waals surface area contributed by atoms with E-state index < -0.39 is 11.6 Å². The minimum atomic E-state index is -2.11. The number of hydrogen-bond donors (Lipinski definition) is 2. The van der Waals surface area contributed by atoms with Gasteiger partial charge in [0.15, 0.2) is 16.6 Å². The van der Waals surface area contributed by atoms with Crippen LogP contribution in [0.4, 0.5) is 0 Å². The number of para-hydroxylation sites is 2. The summed E-state index contributed by atoms with van der Waals surface area (Å²) in [6.07, 6.45) is 1.82. The van der Waals surface area contributed by atoms with E-state index in [2.05, 4.69) is 9.97 Å². The quantitative estimate of drug-likeness (QED) is 0.591. The zero-order chi connectivity index (χ0) is 18.4. The molecule has 0 atom stereocenters. The summed E-state index contributed by atoms with van der Waals surface area (Å²) < 4.78 is 0. The Labute approximate surface area is 150 Å². The first-order valence-corrected chi connectivity index (χ1v) is 8.11. The van der Waals surface area contributed by atoms with Gasteiger partial charge in [-0.1, -0.05) is 72.8 Å². The van der Waals surface area contributed by atoms with Crippen LogP contribution in [0.5, 0.6) is 0 Å². The molecule has 5 heteroatoms. The predicted octanol–water partition coefficient (Wildman–Crippen LogP) is 1.65. The SMILES string of the molecule is O=C([O-])C(O)(c1ccccc1)c1ccccc1.c1ccc2[nH+]c[nH]c2c1. The molecule has 130 valence electrons. The molecule has 26 heavy (non-hydrogen) atoms. The van der Waals surface area contributed by atoms with Crippen molar-refractivity contribution in [3.63, 3.8) is 0 Å². The topological polar surface area (TPSA) is 90.3 Å². The third kappa shape index (κ3) is 3.48. The van der Waals surface area contributed by atoms with Crippen molar-refractivity contribution in [2.75, 3.05) is 0 Å². The van der Waals surface area contributed by atoms with Crippen LogP contribution in [-0.4, -0.2) is 16.1 Å². The number of aliphatic hydroxyl groups is 1. The number of imidazole rings is 1. The molecule has 0 unspecified atom stereocenters. The Morgan fingerprint density at radius 3 is 1.85 bits per heavy atom. The number of nitrogens with one attached hydrogen (secondary N) is 2. The molecule has 0 spiro atoms. The molecular formula is C21H18N2O3. The fraction of sp³-hybridized carbons (Fsp3) is 0.0476. The molecule has 3 N–H and O–H groups in total. The lowest BCUT2D eigenvalue weighted by Crippen LogP contribution is -2.46. The number of aliphatic carboxylic acids is 1. The van der Waals surface area contributed by atoms with Crippen molar-refractivity contribution in [1.82, 2.24) is 4.98 Å². The van der Waals surface area contributed by atoms with E-state index in [1.165, 1.54) is 0 Å². The van der Waals surface area contributed by atoms with E-state index in [0.29, 0.717) is 0 Å². The number of carboxylic acid groups (broad SMARTS) is 1. The Kier molecular flexibility index (Phi) is 5.10. The number of hydrogen-bond acceptors (Lipinski definition) is 3. The lowest BCUT2D eigenvalue weighted by Gasteiger charge is -2.30. The highest BCUT2D eigenvalue weighted by Crippen LogP contribution is 2.28. The first kappa shape index (κ1) is 17.4. The zero-order valence-electron chi connectivity index (χ0n) is 13.9. The van der Waals surface area contributed by atoms with Crippen molar-refractivity contribution in [3.8, 4) is 0 Å². The summed E-state index contributed by atoms with van der Waals surface area (Å²) >= 11 is 0. The van der Waals surface area contributed by atoms with Gasteiger partial charge in [0.05, 0.1) is 5.97 Å². The number of rotatable bonds is 3. The van der Waals surface area contributed by atoms with E-state index >= 15 is 0 Å². The summed E-state index contributed by atoms with van der Waals surface area (Å²) in [5, 5.41) is 21.6. The molecule has 0 saturated carbocycles. The second-order valence-corrected chi connectivity index (χ2v) is 5.71. The van der Waals surface area contributed by atoms with E-state index in [0.717, 1.165) is 11.0 Å². The summed E-state index contributed by atoms with van der Waals surface area (Å²) in [4.78, 5) is 17.4. The summed E-state index contributed by atoms with van der Waals surface area (Å²) in [6, 6.07) is 24.5. The van der Waals surface area contributed by atoms with Gasteiger partial charge in [0.1, 0.15) is 0 Å². The van der Waals surface area contributed by atoms with Gasteiger partial charge in [0, 0.05) is 0 Å². The van der Waals surface area contributed by atoms with Gasteiger partial charge in [-0.25, -0.2) is 9.97 Å². The molecule has 3 aromatic carbocycles. The zero-order valence-corrected chi connectivity index (χ0v) is 13.9. The molecule has 0 amide bonds. The molecule has 0 fully saturated rings. The van der Waals surface area contributed by atoms with Gasteiger partial charge in [-0.3, -0.25) is 0 Å². The first-order chi connectivity index (χ1) is 12.6. The van der Waals surface area contributed by atoms with Crippen LogP contribution in [-0.2, 0) is 10.4 Å². The maximum absolute atomic E-state index is 11.3. The van der Waals surface area contributed by atoms with Crippen molar-refractivity contribution < 1.29 is 20.0 Å². The van der Waals surface area contributed by atoms with E-state index in [-0.39, 0.29) is 11.1 Å². The molecule has 0 bridgehead atoms. The predicted molar refractivity (Wildman–Crippen MR) is 95.7 cm³/mol. The molecule has 0 aliphatic carbocycles. The summed E-state index contributed by atoms with van der Waals surface area (Å²) in [5.74, 6) is -1.53. The minimum Gasteiger partial charge on any atom is -0.546 e. The number of aromatic nitrogens is 2. The Bertz CT molecular complexity index is 912. The fourth-order valence-corrected chi connectivity index (χ4v) is 2.69. The van der Waals surface area contributed by atoms with Crippen LogP contribution in [0, 0.1) is 0 Å². The van der Waals surface area contributed by atoms with Gasteiger partial charge in [0.2, 0.25) is 6.33 Å². The van der Waals surface area contributed by atoms with Crippen LogP contribution in [0.1, 0.15) is 11.1 Å². The van der Waals surface area contributed by atoms with Crippen molar-refractivity contribution >= 4 is 17.0 Å². The van der Waals surface area contributed by atoms with Crippen LogP contribution >= 0.6 is 0 Å². The van der Waals surface area contributed by atoms with E-state index in [1.807, 2.05) is 30.6 Å². The molecule has 0 aliphatic heterocycles. The highest BCUT2D eigenvalue weighted by molar-refractivity contribution is 5.81. The molecule has 4 rings (SSSR count). The molecule has 0 saturated heterocycles. The van der Waals surface area contributed by atoms with Gasteiger partial charge in [-0.2, -0.15) is 0 Å². The van der Waals surface area contributed by atoms with Gasteiger partial charge >= 0.3 is 0 Å². The highest BCUT2D eigenvalue weighted by Gasteiger charge is 2.32. The summed E-state index contributed by atoms with van der Waals surface area (Å²) in [6.45, 7) is 0. The van der Waals surface area contributed by atoms with E-state index in [4.69, 9.17) is 0 Å². The number of aromatic amines is 2. The van der Waals surface area contributed by atoms with Crippen LogP contribution in [0.2, 0.25) is 0 Å². The summed E-state index contributed by atoms with van der Waals surface area (Å²) in [5.41, 5.74) is 0.759. The number of carboxylic acids is 1. The van der Waals surface area contributed by atoms with Crippen LogP contribution in [0.3, 0.4) is 0 Å². The van der Waals surface area contributed by atoms with Crippen LogP contribution < -0.4 is 10.1 Å². The molecule has 1 aromatic heterocycles. The molecular weight excluding hydrogens is 328 g/mol. The van der Waals surface area contributed by atoms with Gasteiger partial charge in [-0.15, -0.1) is 0 Å². The molecule has 0 aliphatic rings.